The summed E-state index contributed by atoms with van der Waals surface area (Å²) in [6.45, 7) is 4.09. The summed E-state index contributed by atoms with van der Waals surface area (Å²) in [7, 11) is 0. The molecule has 6 heteroatoms. The van der Waals surface area contributed by atoms with Crippen LogP contribution in [0.1, 0.15) is 41.7 Å². The topological polar surface area (TPSA) is 77.8 Å². The number of amides is 1. The number of likely N-dealkylation sites (tertiary alicyclic amines) is 1. The molecule has 1 aliphatic heterocycles. The third-order valence-electron chi connectivity index (χ3n) is 3.62. The fraction of sp³-hybridized carbons (Fsp3) is 0.533. The molecular weight excluding hydrogens is 268 g/mol. The van der Waals surface area contributed by atoms with Gasteiger partial charge in [0, 0.05) is 12.7 Å². The highest BCUT2D eigenvalue weighted by Gasteiger charge is 2.10. The maximum absolute atomic E-state index is 11.9. The molecule has 2 rings (SSSR count). The van der Waals surface area contributed by atoms with Gasteiger partial charge in [0.05, 0.1) is 17.5 Å². The van der Waals surface area contributed by atoms with Gasteiger partial charge in [-0.2, -0.15) is 0 Å². The number of hydrogen-bond donors (Lipinski definition) is 2. The Morgan fingerprint density at radius 2 is 2.19 bits per heavy atom. The number of oxime groups is 1. The standard InChI is InChI=1S/C15H22N4O2/c20-15(13-5-6-14(12-18-21)17-11-13)16-7-4-10-19-8-2-1-3-9-19/h5-6,11-12,21H,1-4,7-10H2,(H,16,20)/b18-12-. The van der Waals surface area contributed by atoms with Gasteiger partial charge in [0.2, 0.25) is 0 Å². The van der Waals surface area contributed by atoms with Gasteiger partial charge >= 0.3 is 0 Å². The first kappa shape index (κ1) is 15.4. The lowest BCUT2D eigenvalue weighted by Gasteiger charge is -2.26. The molecule has 0 aromatic carbocycles. The van der Waals surface area contributed by atoms with E-state index in [2.05, 4.69) is 20.4 Å². The molecule has 1 aromatic rings. The average molecular weight is 290 g/mol. The first-order valence-corrected chi connectivity index (χ1v) is 7.43. The van der Waals surface area contributed by atoms with E-state index < -0.39 is 0 Å². The van der Waals surface area contributed by atoms with Crippen molar-refractivity contribution in [2.24, 2.45) is 5.16 Å². The van der Waals surface area contributed by atoms with E-state index in [1.807, 2.05) is 0 Å². The molecule has 2 heterocycles. The lowest BCUT2D eigenvalue weighted by atomic mass is 10.1. The molecule has 0 aliphatic carbocycles. The van der Waals surface area contributed by atoms with Crippen molar-refractivity contribution in [1.82, 2.24) is 15.2 Å². The van der Waals surface area contributed by atoms with Crippen LogP contribution in [0.4, 0.5) is 0 Å². The number of aromatic nitrogens is 1. The SMILES string of the molecule is O=C(NCCCN1CCCCC1)c1ccc(/C=N\O)nc1. The van der Waals surface area contributed by atoms with Crippen LogP contribution in [0.15, 0.2) is 23.5 Å². The van der Waals surface area contributed by atoms with Gasteiger partial charge in [0.25, 0.3) is 5.91 Å². The number of hydrogen-bond acceptors (Lipinski definition) is 5. The molecule has 1 fully saturated rings. The van der Waals surface area contributed by atoms with E-state index in [0.717, 1.165) is 13.0 Å². The van der Waals surface area contributed by atoms with E-state index >= 15 is 0 Å². The quantitative estimate of drug-likeness (QED) is 0.360. The second-order valence-electron chi connectivity index (χ2n) is 5.23. The maximum atomic E-state index is 11.9. The van der Waals surface area contributed by atoms with Crippen molar-refractivity contribution in [2.75, 3.05) is 26.2 Å². The zero-order chi connectivity index (χ0) is 14.9. The van der Waals surface area contributed by atoms with Crippen molar-refractivity contribution >= 4 is 12.1 Å². The summed E-state index contributed by atoms with van der Waals surface area (Å²) in [5.41, 5.74) is 1.03. The fourth-order valence-corrected chi connectivity index (χ4v) is 2.46. The Balaban J connectivity index is 1.68. The average Bonchev–Trinajstić information content (AvgIpc) is 2.53. The van der Waals surface area contributed by atoms with E-state index in [1.54, 1.807) is 12.1 Å². The normalized spacial score (nSPS) is 16.2. The molecule has 1 aliphatic rings. The Kier molecular flexibility index (Phi) is 6.15. The molecule has 0 radical (unpaired) electrons. The van der Waals surface area contributed by atoms with E-state index in [1.165, 1.54) is 44.8 Å². The van der Waals surface area contributed by atoms with Crippen molar-refractivity contribution in [1.29, 1.82) is 0 Å². The van der Waals surface area contributed by atoms with Crippen molar-refractivity contribution < 1.29 is 10.0 Å². The number of nitrogens with one attached hydrogen (secondary N) is 1. The summed E-state index contributed by atoms with van der Waals surface area (Å²) in [5.74, 6) is -0.117. The van der Waals surface area contributed by atoms with Crippen LogP contribution in [0, 0.1) is 0 Å². The summed E-state index contributed by atoms with van der Waals surface area (Å²) in [5, 5.41) is 14.2. The Bertz CT molecular complexity index is 467. The highest BCUT2D eigenvalue weighted by atomic mass is 16.4. The number of rotatable bonds is 6. The Hall–Kier alpha value is -1.95. The van der Waals surface area contributed by atoms with Crippen molar-refractivity contribution in [3.8, 4) is 0 Å². The lowest BCUT2D eigenvalue weighted by molar-refractivity contribution is 0.0950. The fourth-order valence-electron chi connectivity index (χ4n) is 2.46. The molecule has 114 valence electrons. The molecule has 2 N–H and O–H groups in total. The zero-order valence-electron chi connectivity index (χ0n) is 12.2. The first-order valence-electron chi connectivity index (χ1n) is 7.43. The van der Waals surface area contributed by atoms with Crippen molar-refractivity contribution in [3.05, 3.63) is 29.6 Å². The molecule has 0 atom stereocenters. The van der Waals surface area contributed by atoms with Crippen LogP contribution < -0.4 is 5.32 Å². The number of pyridine rings is 1. The third-order valence-corrected chi connectivity index (χ3v) is 3.62. The Morgan fingerprint density at radius 3 is 2.86 bits per heavy atom. The predicted octanol–water partition coefficient (Wildman–Crippen LogP) is 1.50. The minimum absolute atomic E-state index is 0.117. The van der Waals surface area contributed by atoms with E-state index in [4.69, 9.17) is 5.21 Å². The molecule has 0 bridgehead atoms. The number of carbonyl (C=O) groups is 1. The predicted molar refractivity (Wildman–Crippen MR) is 80.9 cm³/mol. The van der Waals surface area contributed by atoms with Gasteiger partial charge < -0.3 is 15.4 Å². The van der Waals surface area contributed by atoms with Crippen molar-refractivity contribution in [3.63, 3.8) is 0 Å². The van der Waals surface area contributed by atoms with Gasteiger partial charge in [0.1, 0.15) is 0 Å². The molecule has 0 unspecified atom stereocenters. The zero-order valence-corrected chi connectivity index (χ0v) is 12.2. The minimum atomic E-state index is -0.117. The molecule has 21 heavy (non-hydrogen) atoms. The van der Waals surface area contributed by atoms with Gasteiger partial charge in [-0.05, 0) is 51.0 Å². The first-order chi connectivity index (χ1) is 10.3. The largest absolute Gasteiger partial charge is 0.411 e. The van der Waals surface area contributed by atoms with Crippen LogP contribution in [0.25, 0.3) is 0 Å². The van der Waals surface area contributed by atoms with E-state index in [9.17, 15) is 4.79 Å². The van der Waals surface area contributed by atoms with Gasteiger partial charge in [-0.15, -0.1) is 0 Å². The second-order valence-corrected chi connectivity index (χ2v) is 5.23. The van der Waals surface area contributed by atoms with E-state index in [-0.39, 0.29) is 5.91 Å². The summed E-state index contributed by atoms with van der Waals surface area (Å²) in [6, 6.07) is 3.31. The van der Waals surface area contributed by atoms with Crippen LogP contribution in [-0.4, -0.2) is 53.4 Å². The second kappa shape index (κ2) is 8.36. The van der Waals surface area contributed by atoms with Crippen LogP contribution in [0.2, 0.25) is 0 Å². The molecule has 1 saturated heterocycles. The summed E-state index contributed by atoms with van der Waals surface area (Å²) in [4.78, 5) is 18.4. The summed E-state index contributed by atoms with van der Waals surface area (Å²) in [6.07, 6.45) is 7.60. The monoisotopic (exact) mass is 290 g/mol. The van der Waals surface area contributed by atoms with Crippen LogP contribution >= 0.6 is 0 Å². The highest BCUT2D eigenvalue weighted by molar-refractivity contribution is 5.94. The Morgan fingerprint density at radius 1 is 1.38 bits per heavy atom. The minimum Gasteiger partial charge on any atom is -0.411 e. The lowest BCUT2D eigenvalue weighted by Crippen LogP contribution is -2.33. The van der Waals surface area contributed by atoms with Gasteiger partial charge in [0.15, 0.2) is 0 Å². The van der Waals surface area contributed by atoms with Gasteiger partial charge in [-0.3, -0.25) is 9.78 Å². The number of nitrogens with zero attached hydrogens (tertiary/aromatic N) is 3. The highest BCUT2D eigenvalue weighted by Crippen LogP contribution is 2.08. The molecule has 0 spiro atoms. The maximum Gasteiger partial charge on any atom is 0.252 e. The number of piperidine rings is 1. The molecule has 1 aromatic heterocycles. The van der Waals surface area contributed by atoms with E-state index in [0.29, 0.717) is 17.8 Å². The molecule has 1 amide bonds. The molecule has 0 saturated carbocycles. The van der Waals surface area contributed by atoms with Crippen LogP contribution in [-0.2, 0) is 0 Å². The van der Waals surface area contributed by atoms with Gasteiger partial charge in [-0.1, -0.05) is 11.6 Å². The Labute approximate surface area is 124 Å². The smallest absolute Gasteiger partial charge is 0.252 e. The van der Waals surface area contributed by atoms with Gasteiger partial charge in [-0.25, -0.2) is 0 Å². The van der Waals surface area contributed by atoms with Crippen LogP contribution in [0.3, 0.4) is 0 Å². The van der Waals surface area contributed by atoms with Crippen molar-refractivity contribution in [2.45, 2.75) is 25.7 Å². The summed E-state index contributed by atoms with van der Waals surface area (Å²) >= 11 is 0. The molecule has 6 nitrogen and oxygen atoms in total. The molecular formula is C15H22N4O2. The third kappa shape index (κ3) is 5.15. The number of carbonyl (C=O) groups excluding carboxylic acids is 1. The summed E-state index contributed by atoms with van der Waals surface area (Å²) < 4.78 is 0. The van der Waals surface area contributed by atoms with Crippen LogP contribution in [0.5, 0.6) is 0 Å².